The van der Waals surface area contributed by atoms with Crippen LogP contribution in [0.1, 0.15) is 29.6 Å². The van der Waals surface area contributed by atoms with Gasteiger partial charge in [0, 0.05) is 12.6 Å². The maximum Gasteiger partial charge on any atom is 0.358 e. The molecule has 0 unspecified atom stereocenters. The Balaban J connectivity index is 2.63. The van der Waals surface area contributed by atoms with Crippen molar-refractivity contribution in [1.82, 2.24) is 10.5 Å². The third kappa shape index (κ3) is 5.08. The van der Waals surface area contributed by atoms with Crippen LogP contribution in [0.2, 0.25) is 0 Å². The number of carbonyl (C=O) groups excluding carboxylic acids is 1. The second-order valence-corrected chi connectivity index (χ2v) is 5.93. The normalized spacial score (nSPS) is 11.2. The molecule has 1 aromatic heterocycles. The Morgan fingerprint density at radius 2 is 2.16 bits per heavy atom. The van der Waals surface area contributed by atoms with Gasteiger partial charge in [-0.25, -0.2) is 13.2 Å². The predicted molar refractivity (Wildman–Crippen MR) is 64.3 cm³/mol. The van der Waals surface area contributed by atoms with Gasteiger partial charge in [0.1, 0.15) is 11.5 Å². The zero-order chi connectivity index (χ0) is 14.5. The number of hydrogen-bond acceptors (Lipinski definition) is 6. The number of sulfone groups is 1. The van der Waals surface area contributed by atoms with Gasteiger partial charge in [0.15, 0.2) is 21.3 Å². The van der Waals surface area contributed by atoms with Crippen LogP contribution in [0.3, 0.4) is 0 Å². The molecular weight excluding hydrogens is 276 g/mol. The van der Waals surface area contributed by atoms with Gasteiger partial charge in [-0.05, 0) is 6.42 Å². The van der Waals surface area contributed by atoms with Crippen LogP contribution in [0.4, 0.5) is 0 Å². The van der Waals surface area contributed by atoms with Crippen molar-refractivity contribution in [2.45, 2.75) is 19.1 Å². The molecule has 0 fully saturated rings. The molecule has 1 rings (SSSR count). The van der Waals surface area contributed by atoms with Crippen molar-refractivity contribution in [3.8, 4) is 0 Å². The van der Waals surface area contributed by atoms with Crippen LogP contribution < -0.4 is 5.32 Å². The Morgan fingerprint density at radius 3 is 2.68 bits per heavy atom. The molecule has 0 saturated carbocycles. The van der Waals surface area contributed by atoms with Gasteiger partial charge in [-0.1, -0.05) is 12.1 Å². The lowest BCUT2D eigenvalue weighted by Crippen LogP contribution is -2.31. The van der Waals surface area contributed by atoms with Gasteiger partial charge in [0.25, 0.3) is 0 Å². The first-order valence-corrected chi connectivity index (χ1v) is 7.32. The highest BCUT2D eigenvalue weighted by Crippen LogP contribution is 2.09. The molecule has 0 radical (unpaired) electrons. The first-order valence-electron chi connectivity index (χ1n) is 5.50. The highest BCUT2D eigenvalue weighted by atomic mass is 32.2. The molecule has 2 N–H and O–H groups in total. The molecule has 1 heterocycles. The zero-order valence-electron chi connectivity index (χ0n) is 10.2. The number of nitrogens with one attached hydrogen (secondary N) is 1. The van der Waals surface area contributed by atoms with Crippen LogP contribution in [0.15, 0.2) is 10.6 Å². The third-order valence-electron chi connectivity index (χ3n) is 2.06. The fourth-order valence-corrected chi connectivity index (χ4v) is 2.44. The lowest BCUT2D eigenvalue weighted by atomic mass is 10.4. The van der Waals surface area contributed by atoms with Crippen molar-refractivity contribution in [3.63, 3.8) is 0 Å². The first-order chi connectivity index (χ1) is 8.84. The van der Waals surface area contributed by atoms with Crippen molar-refractivity contribution in [2.75, 3.05) is 12.3 Å². The summed E-state index contributed by atoms with van der Waals surface area (Å²) in [6.07, 6.45) is 0.704. The van der Waals surface area contributed by atoms with Crippen molar-refractivity contribution in [3.05, 3.63) is 17.5 Å². The molecule has 0 atom stereocenters. The second-order valence-electron chi connectivity index (χ2n) is 3.87. The summed E-state index contributed by atoms with van der Waals surface area (Å²) in [6.45, 7) is 2.25. The molecule has 0 aliphatic heterocycles. The Labute approximate surface area is 109 Å². The third-order valence-corrected chi connectivity index (χ3v) is 3.49. The summed E-state index contributed by atoms with van der Waals surface area (Å²) in [5.74, 6) is -3.25. The van der Waals surface area contributed by atoms with E-state index in [9.17, 15) is 18.0 Å². The molecule has 106 valence electrons. The smallest absolute Gasteiger partial charge is 0.358 e. The number of nitrogens with zero attached hydrogens (tertiary/aromatic N) is 1. The van der Waals surface area contributed by atoms with Gasteiger partial charge in [-0.3, -0.25) is 4.79 Å². The summed E-state index contributed by atoms with van der Waals surface area (Å²) in [4.78, 5) is 21.8. The molecular formula is C10H14N2O6S. The lowest BCUT2D eigenvalue weighted by Gasteiger charge is -2.03. The van der Waals surface area contributed by atoms with Crippen LogP contribution in [-0.2, 0) is 20.4 Å². The maximum atomic E-state index is 11.7. The summed E-state index contributed by atoms with van der Waals surface area (Å²) < 4.78 is 27.9. The molecule has 0 aliphatic rings. The second kappa shape index (κ2) is 6.32. The van der Waals surface area contributed by atoms with E-state index in [1.807, 2.05) is 6.92 Å². The quantitative estimate of drug-likeness (QED) is 0.712. The van der Waals surface area contributed by atoms with Gasteiger partial charge >= 0.3 is 5.97 Å². The van der Waals surface area contributed by atoms with E-state index in [4.69, 9.17) is 5.11 Å². The van der Waals surface area contributed by atoms with E-state index >= 15 is 0 Å². The number of carboxylic acids is 1. The number of aromatic carboxylic acids is 1. The van der Waals surface area contributed by atoms with E-state index in [-0.39, 0.29) is 11.5 Å². The average Bonchev–Trinajstić information content (AvgIpc) is 2.73. The Hall–Kier alpha value is -1.90. The molecule has 0 aliphatic carbocycles. The van der Waals surface area contributed by atoms with Crippen molar-refractivity contribution < 1.29 is 27.6 Å². The van der Waals surface area contributed by atoms with Crippen LogP contribution >= 0.6 is 0 Å². The summed E-state index contributed by atoms with van der Waals surface area (Å²) in [6, 6.07) is 1.02. The molecule has 1 amide bonds. The largest absolute Gasteiger partial charge is 0.476 e. The van der Waals surface area contributed by atoms with Crippen LogP contribution in [-0.4, -0.2) is 42.9 Å². The number of hydrogen-bond donors (Lipinski definition) is 2. The van der Waals surface area contributed by atoms with E-state index in [2.05, 4.69) is 15.0 Å². The minimum Gasteiger partial charge on any atom is -0.476 e. The van der Waals surface area contributed by atoms with Crippen LogP contribution in [0, 0.1) is 0 Å². The molecule has 0 bridgehead atoms. The monoisotopic (exact) mass is 290 g/mol. The molecule has 0 aromatic carbocycles. The summed E-state index contributed by atoms with van der Waals surface area (Å²) >= 11 is 0. The van der Waals surface area contributed by atoms with Gasteiger partial charge in [0.2, 0.25) is 5.91 Å². The fraction of sp³-hybridized carbons (Fsp3) is 0.500. The number of amides is 1. The standard InChI is InChI=1S/C10H14N2O6S/c1-2-3-11-9(13)6-19(16,17)5-7-4-8(10(14)15)12-18-7/h4H,2-3,5-6H2,1H3,(H,11,13)(H,14,15). The molecule has 9 heteroatoms. The van der Waals surface area contributed by atoms with Gasteiger partial charge in [0.05, 0.1) is 0 Å². The van der Waals surface area contributed by atoms with Gasteiger partial charge in [-0.15, -0.1) is 0 Å². The number of carbonyl (C=O) groups is 2. The minimum absolute atomic E-state index is 0.110. The van der Waals surface area contributed by atoms with Crippen molar-refractivity contribution in [1.29, 1.82) is 0 Å². The Morgan fingerprint density at radius 1 is 1.47 bits per heavy atom. The number of aromatic nitrogens is 1. The first kappa shape index (κ1) is 15.2. The van der Waals surface area contributed by atoms with Gasteiger partial charge < -0.3 is 14.9 Å². The van der Waals surface area contributed by atoms with Gasteiger partial charge in [-0.2, -0.15) is 0 Å². The fourth-order valence-electron chi connectivity index (χ4n) is 1.26. The minimum atomic E-state index is -3.72. The SMILES string of the molecule is CCCNC(=O)CS(=O)(=O)Cc1cc(C(=O)O)no1. The Kier molecular flexibility index (Phi) is 5.04. The van der Waals surface area contributed by atoms with E-state index < -0.39 is 33.2 Å². The average molecular weight is 290 g/mol. The molecule has 19 heavy (non-hydrogen) atoms. The van der Waals surface area contributed by atoms with Crippen LogP contribution in [0.5, 0.6) is 0 Å². The highest BCUT2D eigenvalue weighted by molar-refractivity contribution is 7.91. The topological polar surface area (TPSA) is 127 Å². The van der Waals surface area contributed by atoms with E-state index in [1.165, 1.54) is 0 Å². The molecule has 0 saturated heterocycles. The molecule has 0 spiro atoms. The molecule has 1 aromatic rings. The Bertz CT molecular complexity index is 562. The van der Waals surface area contributed by atoms with Crippen molar-refractivity contribution >= 4 is 21.7 Å². The number of carboxylic acid groups (broad SMARTS) is 1. The number of rotatable bonds is 7. The van der Waals surface area contributed by atoms with Crippen molar-refractivity contribution in [2.24, 2.45) is 0 Å². The highest BCUT2D eigenvalue weighted by Gasteiger charge is 2.21. The molecule has 8 nitrogen and oxygen atoms in total. The maximum absolute atomic E-state index is 11.7. The summed E-state index contributed by atoms with van der Waals surface area (Å²) in [5.41, 5.74) is -0.374. The van der Waals surface area contributed by atoms with E-state index in [0.717, 1.165) is 6.07 Å². The van der Waals surface area contributed by atoms with E-state index in [0.29, 0.717) is 13.0 Å². The summed E-state index contributed by atoms with van der Waals surface area (Å²) in [5, 5.41) is 14.2. The summed E-state index contributed by atoms with van der Waals surface area (Å²) in [7, 11) is -3.72. The zero-order valence-corrected chi connectivity index (χ0v) is 11.1. The predicted octanol–water partition coefficient (Wildman–Crippen LogP) is -0.186. The van der Waals surface area contributed by atoms with Crippen LogP contribution in [0.25, 0.3) is 0 Å². The van der Waals surface area contributed by atoms with E-state index in [1.54, 1.807) is 0 Å². The lowest BCUT2D eigenvalue weighted by molar-refractivity contribution is -0.118.